The summed E-state index contributed by atoms with van der Waals surface area (Å²) in [5.41, 5.74) is 6.67. The topological polar surface area (TPSA) is 245 Å². The van der Waals surface area contributed by atoms with Crippen LogP contribution in [0.5, 0.6) is 0 Å². The summed E-state index contributed by atoms with van der Waals surface area (Å²) >= 11 is 0. The molecule has 0 radical (unpaired) electrons. The van der Waals surface area contributed by atoms with Crippen LogP contribution in [-0.2, 0) is 35.2 Å². The highest BCUT2D eigenvalue weighted by Crippen LogP contribution is 2.07. The number of aliphatic hydroxyl groups excluding tert-OH is 1. The summed E-state index contributed by atoms with van der Waals surface area (Å²) < 4.78 is 0. The summed E-state index contributed by atoms with van der Waals surface area (Å²) in [6.45, 7) is 1.11. The predicted molar refractivity (Wildman–Crippen MR) is 127 cm³/mol. The molecule has 5 unspecified atom stereocenters. The van der Waals surface area contributed by atoms with Gasteiger partial charge in [0.05, 0.1) is 12.1 Å². The van der Waals surface area contributed by atoms with Gasteiger partial charge in [0.15, 0.2) is 6.04 Å². The molecule has 204 valence electrons. The molecule has 0 fully saturated rings. The Hall–Kier alpha value is -4.04. The Balaban J connectivity index is 3.02. The minimum absolute atomic E-state index is 0.125. The fourth-order valence-corrected chi connectivity index (χ4v) is 3.23. The van der Waals surface area contributed by atoms with E-state index in [1.54, 1.807) is 30.3 Å². The molecule has 1 aromatic carbocycles. The second kappa shape index (κ2) is 15.2. The van der Waals surface area contributed by atoms with Gasteiger partial charge in [-0.3, -0.25) is 24.0 Å². The molecule has 14 nitrogen and oxygen atoms in total. The Morgan fingerprint density at radius 1 is 0.784 bits per heavy atom. The van der Waals surface area contributed by atoms with E-state index in [9.17, 15) is 39.0 Å². The zero-order valence-corrected chi connectivity index (χ0v) is 20.1. The number of hydrogen-bond acceptors (Lipinski definition) is 8. The minimum atomic E-state index is -1.74. The van der Waals surface area contributed by atoms with Crippen LogP contribution in [0.25, 0.3) is 0 Å². The lowest BCUT2D eigenvalue weighted by Crippen LogP contribution is -2.58. The van der Waals surface area contributed by atoms with E-state index in [-0.39, 0.29) is 12.8 Å². The number of carboxylic acid groups (broad SMARTS) is 3. The van der Waals surface area contributed by atoms with Crippen LogP contribution in [0.1, 0.15) is 38.2 Å². The van der Waals surface area contributed by atoms with E-state index < -0.39 is 85.2 Å². The molecule has 14 heteroatoms. The molecule has 0 saturated heterocycles. The zero-order valence-electron chi connectivity index (χ0n) is 20.1. The number of aliphatic hydroxyl groups is 1. The Kier molecular flexibility index (Phi) is 12.7. The number of benzene rings is 1. The second-order valence-corrected chi connectivity index (χ2v) is 8.35. The van der Waals surface area contributed by atoms with Gasteiger partial charge >= 0.3 is 17.9 Å². The summed E-state index contributed by atoms with van der Waals surface area (Å²) in [6.07, 6.45) is -3.32. The van der Waals surface area contributed by atoms with Gasteiger partial charge in [-0.2, -0.15) is 0 Å². The first-order valence-corrected chi connectivity index (χ1v) is 11.4. The Morgan fingerprint density at radius 3 is 1.68 bits per heavy atom. The van der Waals surface area contributed by atoms with Crippen molar-refractivity contribution in [2.24, 2.45) is 5.73 Å². The smallest absolute Gasteiger partial charge is 0.328 e. The van der Waals surface area contributed by atoms with E-state index in [4.69, 9.17) is 15.9 Å². The molecule has 0 aromatic heterocycles. The Morgan fingerprint density at radius 2 is 1.24 bits per heavy atom. The number of carbonyl (C=O) groups excluding carboxylic acids is 3. The molecule has 0 bridgehead atoms. The fraction of sp³-hybridized carbons (Fsp3) is 0.478. The van der Waals surface area contributed by atoms with Crippen LogP contribution < -0.4 is 21.7 Å². The summed E-state index contributed by atoms with van der Waals surface area (Å²) in [5, 5.41) is 43.4. The monoisotopic (exact) mass is 524 g/mol. The van der Waals surface area contributed by atoms with Crippen molar-refractivity contribution in [1.29, 1.82) is 0 Å². The van der Waals surface area contributed by atoms with E-state index >= 15 is 0 Å². The molecule has 0 aliphatic rings. The van der Waals surface area contributed by atoms with Gasteiger partial charge < -0.3 is 42.1 Å². The van der Waals surface area contributed by atoms with Crippen molar-refractivity contribution in [2.75, 3.05) is 0 Å². The average Bonchev–Trinajstić information content (AvgIpc) is 2.82. The van der Waals surface area contributed by atoms with Gasteiger partial charge in [-0.15, -0.1) is 0 Å². The zero-order chi connectivity index (χ0) is 28.1. The molecule has 0 aliphatic carbocycles. The van der Waals surface area contributed by atoms with Crippen molar-refractivity contribution in [3.8, 4) is 0 Å². The van der Waals surface area contributed by atoms with Crippen LogP contribution >= 0.6 is 0 Å². The van der Waals surface area contributed by atoms with E-state index in [1.807, 2.05) is 5.32 Å². The molecular weight excluding hydrogens is 492 g/mol. The standard InChI is InChI=1S/C23H32N4O10/c1-12(28)19(23(36)37)27-22(35)16(8-10-18(31)32)26-21(34)15(7-9-17(29)30)25-20(33)14(24)11-13-5-3-2-4-6-13/h2-6,12,14-16,19,28H,7-11,24H2,1H3,(H,25,33)(H,26,34)(H,27,35)(H,29,30)(H,31,32)(H,36,37). The third-order valence-corrected chi connectivity index (χ3v) is 5.24. The van der Waals surface area contributed by atoms with Gasteiger partial charge in [-0.1, -0.05) is 30.3 Å². The van der Waals surface area contributed by atoms with Gasteiger partial charge in [0, 0.05) is 12.8 Å². The number of rotatable bonds is 16. The minimum Gasteiger partial charge on any atom is -0.481 e. The first-order valence-electron chi connectivity index (χ1n) is 11.4. The molecule has 1 rings (SSSR count). The maximum absolute atomic E-state index is 12.9. The van der Waals surface area contributed by atoms with Gasteiger partial charge in [0.2, 0.25) is 17.7 Å². The third kappa shape index (κ3) is 11.5. The number of aliphatic carboxylic acids is 3. The van der Waals surface area contributed by atoms with Crippen molar-refractivity contribution in [3.05, 3.63) is 35.9 Å². The van der Waals surface area contributed by atoms with Crippen LogP contribution in [0.15, 0.2) is 30.3 Å². The first kappa shape index (κ1) is 31.0. The molecule has 3 amide bonds. The number of hydrogen-bond donors (Lipinski definition) is 8. The Bertz CT molecular complexity index is 970. The summed E-state index contributed by atoms with van der Waals surface area (Å²) in [5.74, 6) is -6.99. The molecule has 0 aliphatic heterocycles. The molecule has 1 aromatic rings. The normalized spacial score (nSPS) is 14.8. The first-order chi connectivity index (χ1) is 17.3. The highest BCUT2D eigenvalue weighted by atomic mass is 16.4. The van der Waals surface area contributed by atoms with Gasteiger partial charge in [0.25, 0.3) is 0 Å². The lowest BCUT2D eigenvalue weighted by atomic mass is 10.0. The number of amides is 3. The highest BCUT2D eigenvalue weighted by Gasteiger charge is 2.32. The highest BCUT2D eigenvalue weighted by molar-refractivity contribution is 5.94. The van der Waals surface area contributed by atoms with Crippen LogP contribution in [-0.4, -0.2) is 86.3 Å². The van der Waals surface area contributed by atoms with E-state index in [0.29, 0.717) is 0 Å². The van der Waals surface area contributed by atoms with Crippen molar-refractivity contribution >= 4 is 35.6 Å². The maximum atomic E-state index is 12.9. The van der Waals surface area contributed by atoms with Crippen LogP contribution in [0.3, 0.4) is 0 Å². The quantitative estimate of drug-likeness (QED) is 0.120. The van der Waals surface area contributed by atoms with Crippen molar-refractivity contribution in [1.82, 2.24) is 16.0 Å². The van der Waals surface area contributed by atoms with Gasteiger partial charge in [-0.05, 0) is 31.7 Å². The summed E-state index contributed by atoms with van der Waals surface area (Å²) in [7, 11) is 0. The van der Waals surface area contributed by atoms with Crippen molar-refractivity contribution in [3.63, 3.8) is 0 Å². The maximum Gasteiger partial charge on any atom is 0.328 e. The van der Waals surface area contributed by atoms with E-state index in [2.05, 4.69) is 10.6 Å². The fourth-order valence-electron chi connectivity index (χ4n) is 3.23. The van der Waals surface area contributed by atoms with E-state index in [0.717, 1.165) is 12.5 Å². The number of nitrogens with two attached hydrogens (primary N) is 1. The molecular formula is C23H32N4O10. The SMILES string of the molecule is CC(O)C(NC(=O)C(CCC(=O)O)NC(=O)C(CCC(=O)O)NC(=O)C(N)Cc1ccccc1)C(=O)O. The number of nitrogens with one attached hydrogen (secondary N) is 3. The van der Waals surface area contributed by atoms with Crippen molar-refractivity contribution in [2.45, 2.75) is 69.3 Å². The van der Waals surface area contributed by atoms with Gasteiger partial charge in [-0.25, -0.2) is 4.79 Å². The molecule has 9 N–H and O–H groups in total. The average molecular weight is 525 g/mol. The van der Waals surface area contributed by atoms with Crippen LogP contribution in [0.4, 0.5) is 0 Å². The second-order valence-electron chi connectivity index (χ2n) is 8.35. The molecule has 37 heavy (non-hydrogen) atoms. The molecule has 0 saturated carbocycles. The predicted octanol–water partition coefficient (Wildman–Crippen LogP) is -1.79. The summed E-state index contributed by atoms with van der Waals surface area (Å²) in [4.78, 5) is 71.6. The molecule has 0 spiro atoms. The van der Waals surface area contributed by atoms with Crippen LogP contribution in [0.2, 0.25) is 0 Å². The molecule has 5 atom stereocenters. The Labute approximate surface area is 212 Å². The van der Waals surface area contributed by atoms with Gasteiger partial charge in [0.1, 0.15) is 12.1 Å². The van der Waals surface area contributed by atoms with Crippen LogP contribution in [0, 0.1) is 0 Å². The molecule has 0 heterocycles. The van der Waals surface area contributed by atoms with Crippen molar-refractivity contribution < 1.29 is 49.2 Å². The number of carboxylic acids is 3. The lowest BCUT2D eigenvalue weighted by Gasteiger charge is -2.25. The largest absolute Gasteiger partial charge is 0.481 e. The lowest BCUT2D eigenvalue weighted by molar-refractivity contribution is -0.145. The third-order valence-electron chi connectivity index (χ3n) is 5.24. The summed E-state index contributed by atoms with van der Waals surface area (Å²) in [6, 6.07) is 2.92. The number of carbonyl (C=O) groups is 6. The van der Waals surface area contributed by atoms with E-state index in [1.165, 1.54) is 0 Å².